The number of amides is 1. The van der Waals surface area contributed by atoms with Gasteiger partial charge in [0.2, 0.25) is 0 Å². The number of thiazole rings is 1. The number of rotatable bonds is 4. The number of nitrogens with one attached hydrogen (secondary N) is 1. The van der Waals surface area contributed by atoms with Crippen LogP contribution in [0.4, 0.5) is 5.69 Å². The summed E-state index contributed by atoms with van der Waals surface area (Å²) in [6.45, 7) is 1.97. The topological polar surface area (TPSA) is 68.3 Å². The lowest BCUT2D eigenvalue weighted by Gasteiger charge is -2.25. The molecular formula is C26H20N2O3S. The molecule has 0 fully saturated rings. The van der Waals surface area contributed by atoms with Crippen LogP contribution in [0, 0.1) is 6.92 Å². The molecule has 0 unspecified atom stereocenters. The van der Waals surface area contributed by atoms with Gasteiger partial charge in [0.25, 0.3) is 5.91 Å². The maximum Gasteiger partial charge on any atom is 0.339 e. The third-order valence-corrected chi connectivity index (χ3v) is 6.22. The van der Waals surface area contributed by atoms with Crippen LogP contribution >= 0.6 is 11.3 Å². The summed E-state index contributed by atoms with van der Waals surface area (Å²) in [5, 5.41) is 5.95. The van der Waals surface area contributed by atoms with E-state index in [1.807, 2.05) is 66.9 Å². The zero-order valence-corrected chi connectivity index (χ0v) is 18.2. The van der Waals surface area contributed by atoms with Crippen molar-refractivity contribution in [3.63, 3.8) is 0 Å². The Morgan fingerprint density at radius 3 is 2.69 bits per heavy atom. The van der Waals surface area contributed by atoms with Crippen molar-refractivity contribution in [2.24, 2.45) is 0 Å². The summed E-state index contributed by atoms with van der Waals surface area (Å²) < 4.78 is 5.61. The standard InChI is InChI=1S/C26H20N2O3S/c1-16-27-23(15-32-16)18-8-5-9-21(13-18)28-25(29)19-10-11-22-20(12-19)14-24(31-26(22)30)17-6-3-2-4-7-17/h2-13,15,24H,14H2,1H3,(H,28,29)/t24-/m0/s1. The van der Waals surface area contributed by atoms with Gasteiger partial charge in [-0.2, -0.15) is 0 Å². The minimum atomic E-state index is -0.363. The number of aromatic nitrogens is 1. The molecule has 158 valence electrons. The van der Waals surface area contributed by atoms with Crippen LogP contribution < -0.4 is 5.32 Å². The molecule has 0 spiro atoms. The highest BCUT2D eigenvalue weighted by atomic mass is 32.1. The van der Waals surface area contributed by atoms with Crippen LogP contribution in [0.5, 0.6) is 0 Å². The van der Waals surface area contributed by atoms with Crippen molar-refractivity contribution in [1.29, 1.82) is 0 Å². The molecule has 1 aliphatic rings. The van der Waals surface area contributed by atoms with E-state index in [1.54, 1.807) is 29.5 Å². The average molecular weight is 441 g/mol. The second-order valence-corrected chi connectivity index (χ2v) is 8.73. The van der Waals surface area contributed by atoms with Crippen molar-refractivity contribution in [3.05, 3.63) is 105 Å². The summed E-state index contributed by atoms with van der Waals surface area (Å²) in [5.74, 6) is -0.590. The van der Waals surface area contributed by atoms with Gasteiger partial charge in [-0.1, -0.05) is 42.5 Å². The number of hydrogen-bond acceptors (Lipinski definition) is 5. The van der Waals surface area contributed by atoms with Gasteiger partial charge < -0.3 is 10.1 Å². The Hall–Kier alpha value is -3.77. The number of anilines is 1. The summed E-state index contributed by atoms with van der Waals surface area (Å²) >= 11 is 1.59. The van der Waals surface area contributed by atoms with E-state index in [0.29, 0.717) is 23.2 Å². The van der Waals surface area contributed by atoms with Crippen LogP contribution in [-0.2, 0) is 11.2 Å². The molecule has 32 heavy (non-hydrogen) atoms. The molecule has 0 aliphatic carbocycles. The molecule has 3 aromatic carbocycles. The van der Waals surface area contributed by atoms with Crippen LogP contribution in [0.25, 0.3) is 11.3 Å². The zero-order chi connectivity index (χ0) is 22.1. The number of carbonyl (C=O) groups is 2. The number of fused-ring (bicyclic) bond motifs is 1. The fourth-order valence-corrected chi connectivity index (χ4v) is 4.47. The number of cyclic esters (lactones) is 1. The van der Waals surface area contributed by atoms with Gasteiger partial charge in [-0.15, -0.1) is 11.3 Å². The Morgan fingerprint density at radius 1 is 1.06 bits per heavy atom. The third kappa shape index (κ3) is 4.05. The van der Waals surface area contributed by atoms with Crippen molar-refractivity contribution in [2.45, 2.75) is 19.4 Å². The van der Waals surface area contributed by atoms with Crippen LogP contribution in [0.3, 0.4) is 0 Å². The van der Waals surface area contributed by atoms with E-state index in [4.69, 9.17) is 4.74 Å². The summed E-state index contributed by atoms with van der Waals surface area (Å²) in [4.78, 5) is 29.9. The SMILES string of the molecule is Cc1nc(-c2cccc(NC(=O)c3ccc4c(c3)C[C@@H](c3ccccc3)OC4=O)c2)cs1. The highest BCUT2D eigenvalue weighted by Crippen LogP contribution is 2.31. The second-order valence-electron chi connectivity index (χ2n) is 7.67. The van der Waals surface area contributed by atoms with Crippen LogP contribution in [0.1, 0.15) is 43.0 Å². The van der Waals surface area contributed by atoms with Gasteiger partial charge in [-0.05, 0) is 48.4 Å². The van der Waals surface area contributed by atoms with Crippen LogP contribution in [0.15, 0.2) is 78.2 Å². The van der Waals surface area contributed by atoms with Crippen molar-refractivity contribution in [2.75, 3.05) is 5.32 Å². The minimum Gasteiger partial charge on any atom is -0.454 e. The first kappa shape index (κ1) is 20.2. The number of carbonyl (C=O) groups excluding carboxylic acids is 2. The predicted octanol–water partition coefficient (Wildman–Crippen LogP) is 5.83. The second kappa shape index (κ2) is 8.40. The molecule has 1 amide bonds. The van der Waals surface area contributed by atoms with Gasteiger partial charge >= 0.3 is 5.97 Å². The molecule has 2 heterocycles. The molecular weight excluding hydrogens is 420 g/mol. The van der Waals surface area contributed by atoms with E-state index in [0.717, 1.165) is 27.4 Å². The maximum atomic E-state index is 12.9. The molecule has 4 aromatic rings. The lowest BCUT2D eigenvalue weighted by atomic mass is 9.93. The lowest BCUT2D eigenvalue weighted by Crippen LogP contribution is -2.23. The highest BCUT2D eigenvalue weighted by molar-refractivity contribution is 7.09. The van der Waals surface area contributed by atoms with E-state index in [9.17, 15) is 9.59 Å². The minimum absolute atomic E-state index is 0.227. The van der Waals surface area contributed by atoms with E-state index in [2.05, 4.69) is 10.3 Å². The smallest absolute Gasteiger partial charge is 0.339 e. The molecule has 5 rings (SSSR count). The number of nitrogens with zero attached hydrogens (tertiary/aromatic N) is 1. The number of ether oxygens (including phenoxy) is 1. The Bertz CT molecular complexity index is 1310. The van der Waals surface area contributed by atoms with Crippen LogP contribution in [0.2, 0.25) is 0 Å². The maximum absolute atomic E-state index is 12.9. The Kier molecular flexibility index (Phi) is 5.29. The summed E-state index contributed by atoms with van der Waals surface area (Å²) in [5.41, 5.74) is 5.30. The molecule has 5 nitrogen and oxygen atoms in total. The van der Waals surface area contributed by atoms with E-state index < -0.39 is 0 Å². The first-order chi connectivity index (χ1) is 15.6. The highest BCUT2D eigenvalue weighted by Gasteiger charge is 2.28. The number of aryl methyl sites for hydroxylation is 1. The molecule has 0 radical (unpaired) electrons. The molecule has 0 bridgehead atoms. The van der Waals surface area contributed by atoms with E-state index in [-0.39, 0.29) is 18.0 Å². The van der Waals surface area contributed by atoms with Crippen molar-refractivity contribution in [1.82, 2.24) is 4.98 Å². The Morgan fingerprint density at radius 2 is 1.91 bits per heavy atom. The Labute approximate surface area is 189 Å². The zero-order valence-electron chi connectivity index (χ0n) is 17.4. The van der Waals surface area contributed by atoms with Crippen molar-refractivity contribution in [3.8, 4) is 11.3 Å². The predicted molar refractivity (Wildman–Crippen MR) is 125 cm³/mol. The van der Waals surface area contributed by atoms with Gasteiger partial charge in [-0.3, -0.25) is 4.79 Å². The van der Waals surface area contributed by atoms with Gasteiger partial charge in [0.1, 0.15) is 6.10 Å². The summed E-state index contributed by atoms with van der Waals surface area (Å²) in [7, 11) is 0. The first-order valence-electron chi connectivity index (χ1n) is 10.3. The number of hydrogen-bond donors (Lipinski definition) is 1. The van der Waals surface area contributed by atoms with Gasteiger partial charge in [0.15, 0.2) is 0 Å². The number of benzene rings is 3. The van der Waals surface area contributed by atoms with Crippen LogP contribution in [-0.4, -0.2) is 16.9 Å². The number of esters is 1. The molecule has 0 saturated heterocycles. The van der Waals surface area contributed by atoms with Gasteiger partial charge in [0, 0.05) is 28.6 Å². The quantitative estimate of drug-likeness (QED) is 0.406. The van der Waals surface area contributed by atoms with Crippen molar-refractivity contribution < 1.29 is 14.3 Å². The molecule has 1 aliphatic heterocycles. The molecule has 1 aromatic heterocycles. The lowest BCUT2D eigenvalue weighted by molar-refractivity contribution is 0.0252. The van der Waals surface area contributed by atoms with E-state index in [1.165, 1.54) is 0 Å². The molecule has 6 heteroatoms. The average Bonchev–Trinajstić information content (AvgIpc) is 3.26. The molecule has 0 saturated carbocycles. The normalized spacial score (nSPS) is 15.0. The molecule has 1 atom stereocenters. The third-order valence-electron chi connectivity index (χ3n) is 5.45. The Balaban J connectivity index is 1.37. The largest absolute Gasteiger partial charge is 0.454 e. The van der Waals surface area contributed by atoms with Crippen molar-refractivity contribution >= 4 is 28.9 Å². The fraction of sp³-hybridized carbons (Fsp3) is 0.115. The van der Waals surface area contributed by atoms with Gasteiger partial charge in [0.05, 0.1) is 16.3 Å². The first-order valence-corrected chi connectivity index (χ1v) is 11.2. The van der Waals surface area contributed by atoms with Gasteiger partial charge in [-0.25, -0.2) is 9.78 Å². The fourth-order valence-electron chi connectivity index (χ4n) is 3.85. The van der Waals surface area contributed by atoms with E-state index >= 15 is 0 Å². The summed E-state index contributed by atoms with van der Waals surface area (Å²) in [6, 6.07) is 22.4. The monoisotopic (exact) mass is 440 g/mol. The summed E-state index contributed by atoms with van der Waals surface area (Å²) in [6.07, 6.45) is 0.179. The molecule has 1 N–H and O–H groups in total.